The molecule has 0 aliphatic heterocycles. The molecule has 0 fully saturated rings. The van der Waals surface area contributed by atoms with Gasteiger partial charge in [-0.05, 0) is 48.5 Å². The molecule has 0 radical (unpaired) electrons. The lowest BCUT2D eigenvalue weighted by Gasteiger charge is -2.09. The molecule has 0 atom stereocenters. The Morgan fingerprint density at radius 2 is 0.982 bits per heavy atom. The van der Waals surface area contributed by atoms with Crippen molar-refractivity contribution in [2.24, 2.45) is 0 Å². The van der Waals surface area contributed by atoms with Gasteiger partial charge in [0.25, 0.3) is 0 Å². The molecule has 0 aliphatic carbocycles. The highest BCUT2D eigenvalue weighted by molar-refractivity contribution is 7.26. The molecule has 12 aromatic rings. The van der Waals surface area contributed by atoms with Crippen LogP contribution < -0.4 is 0 Å². The van der Waals surface area contributed by atoms with E-state index < -0.39 is 0 Å². The minimum atomic E-state index is 0.562. The summed E-state index contributed by atoms with van der Waals surface area (Å²) >= 11 is 1.71. The monoisotopic (exact) mass is 749 g/mol. The Morgan fingerprint density at radius 1 is 0.368 bits per heavy atom. The van der Waals surface area contributed by atoms with Crippen molar-refractivity contribution in [2.45, 2.75) is 0 Å². The summed E-state index contributed by atoms with van der Waals surface area (Å²) in [6, 6.07) is 55.2. The Morgan fingerprint density at radius 3 is 1.79 bits per heavy atom. The molecular weight excluding hydrogens is 723 g/mol. The zero-order valence-electron chi connectivity index (χ0n) is 30.0. The fraction of sp³-hybridized carbons (Fsp3) is 0. The van der Waals surface area contributed by atoms with Gasteiger partial charge in [-0.25, -0.2) is 24.9 Å². The van der Waals surface area contributed by atoms with E-state index in [0.717, 1.165) is 97.7 Å². The quantitative estimate of drug-likeness (QED) is 0.173. The van der Waals surface area contributed by atoms with Gasteiger partial charge in [0, 0.05) is 59.4 Å². The van der Waals surface area contributed by atoms with E-state index in [-0.39, 0.29) is 0 Å². The Bertz CT molecular complexity index is 3480. The molecule has 266 valence electrons. The predicted octanol–water partition coefficient (Wildman–Crippen LogP) is 13.2. The van der Waals surface area contributed by atoms with E-state index in [0.29, 0.717) is 23.3 Å². The van der Waals surface area contributed by atoms with Crippen LogP contribution in [0.4, 0.5) is 0 Å². The van der Waals surface area contributed by atoms with Crippen molar-refractivity contribution in [3.8, 4) is 56.8 Å². The molecule has 0 saturated carbocycles. The van der Waals surface area contributed by atoms with Crippen molar-refractivity contribution >= 4 is 75.5 Å². The zero-order chi connectivity index (χ0) is 37.5. The fourth-order valence-corrected chi connectivity index (χ4v) is 9.02. The number of fused-ring (bicyclic) bond motifs is 9. The van der Waals surface area contributed by atoms with E-state index in [2.05, 4.69) is 60.7 Å². The molecular formula is C49H27N5O2S. The van der Waals surface area contributed by atoms with Gasteiger partial charge in [0.05, 0.1) is 15.9 Å². The third kappa shape index (κ3) is 5.15. The number of nitrogens with zero attached hydrogens (tertiary/aromatic N) is 5. The van der Waals surface area contributed by atoms with Crippen LogP contribution in [-0.2, 0) is 0 Å². The molecule has 12 rings (SSSR count). The standard InChI is InChI=1S/C49H27N5O2S/c1-3-12-28(13-4-1)46-52-47(29-14-5-2-6-15-29)54-49(53-46)35-18-11-20-39-42(35)36-26-31(23-25-38(36)55-39)48-50-43(45-44(51-48)34-17-8-10-21-41(34)57-45)30-22-24-33-32-16-7-9-19-37(32)56-40(33)27-30/h1-27H. The molecule has 57 heavy (non-hydrogen) atoms. The number of hydrogen-bond acceptors (Lipinski definition) is 8. The van der Waals surface area contributed by atoms with Crippen molar-refractivity contribution in [3.05, 3.63) is 164 Å². The summed E-state index contributed by atoms with van der Waals surface area (Å²) in [6.45, 7) is 0. The van der Waals surface area contributed by atoms with Gasteiger partial charge in [-0.3, -0.25) is 0 Å². The highest BCUT2D eigenvalue weighted by Crippen LogP contribution is 2.42. The highest BCUT2D eigenvalue weighted by Gasteiger charge is 2.21. The number of hydrogen-bond donors (Lipinski definition) is 0. The average molecular weight is 750 g/mol. The average Bonchev–Trinajstić information content (AvgIpc) is 3.97. The molecule has 8 heteroatoms. The smallest absolute Gasteiger partial charge is 0.164 e. The third-order valence-corrected chi connectivity index (χ3v) is 11.7. The number of rotatable bonds is 5. The van der Waals surface area contributed by atoms with Crippen LogP contribution >= 0.6 is 11.3 Å². The van der Waals surface area contributed by atoms with Gasteiger partial charge in [-0.1, -0.05) is 115 Å². The first-order chi connectivity index (χ1) is 28.2. The predicted molar refractivity (Wildman–Crippen MR) is 230 cm³/mol. The van der Waals surface area contributed by atoms with Gasteiger partial charge in [-0.2, -0.15) is 0 Å². The Hall–Kier alpha value is -7.55. The van der Waals surface area contributed by atoms with E-state index in [9.17, 15) is 0 Å². The molecule has 5 aromatic heterocycles. The lowest BCUT2D eigenvalue weighted by molar-refractivity contribution is 0.668. The Balaban J connectivity index is 1.07. The van der Waals surface area contributed by atoms with Gasteiger partial charge in [0.15, 0.2) is 23.3 Å². The van der Waals surface area contributed by atoms with Crippen molar-refractivity contribution in [1.82, 2.24) is 24.9 Å². The maximum absolute atomic E-state index is 6.49. The minimum Gasteiger partial charge on any atom is -0.456 e. The van der Waals surface area contributed by atoms with Crippen LogP contribution in [0, 0.1) is 0 Å². The summed E-state index contributed by atoms with van der Waals surface area (Å²) in [6.07, 6.45) is 0. The van der Waals surface area contributed by atoms with Crippen LogP contribution in [0.1, 0.15) is 0 Å². The van der Waals surface area contributed by atoms with Gasteiger partial charge < -0.3 is 8.83 Å². The van der Waals surface area contributed by atoms with Gasteiger partial charge in [0.1, 0.15) is 22.3 Å². The van der Waals surface area contributed by atoms with Crippen LogP contribution in [0.25, 0.3) is 121 Å². The van der Waals surface area contributed by atoms with Crippen molar-refractivity contribution in [1.29, 1.82) is 0 Å². The molecule has 7 aromatic carbocycles. The van der Waals surface area contributed by atoms with E-state index in [1.165, 1.54) is 0 Å². The van der Waals surface area contributed by atoms with Crippen LogP contribution in [0.15, 0.2) is 173 Å². The second kappa shape index (κ2) is 12.5. The topological polar surface area (TPSA) is 90.7 Å². The third-order valence-electron chi connectivity index (χ3n) is 10.6. The SMILES string of the molecule is c1ccc(-c2nc(-c3ccccc3)nc(-c3cccc4oc5ccc(-c6nc(-c7ccc8c(c7)oc7ccccc78)c7sc8ccccc8c7n6)cc5c34)n2)cc1. The zero-order valence-corrected chi connectivity index (χ0v) is 30.9. The molecule has 0 amide bonds. The molecule has 7 nitrogen and oxygen atoms in total. The molecule has 0 unspecified atom stereocenters. The number of furan rings is 2. The second-order valence-corrected chi connectivity index (χ2v) is 15.1. The van der Waals surface area contributed by atoms with Gasteiger partial charge >= 0.3 is 0 Å². The summed E-state index contributed by atoms with van der Waals surface area (Å²) in [5.41, 5.74) is 9.47. The van der Waals surface area contributed by atoms with E-state index in [1.54, 1.807) is 11.3 Å². The summed E-state index contributed by atoms with van der Waals surface area (Å²) in [5, 5.41) is 5.11. The first kappa shape index (κ1) is 31.8. The summed E-state index contributed by atoms with van der Waals surface area (Å²) in [5.74, 6) is 2.38. The molecule has 0 aliphatic rings. The fourth-order valence-electron chi connectivity index (χ4n) is 7.87. The van der Waals surface area contributed by atoms with Crippen LogP contribution in [-0.4, -0.2) is 24.9 Å². The molecule has 0 saturated heterocycles. The minimum absolute atomic E-state index is 0.562. The molecule has 0 spiro atoms. The maximum Gasteiger partial charge on any atom is 0.164 e. The summed E-state index contributed by atoms with van der Waals surface area (Å²) in [4.78, 5) is 25.6. The second-order valence-electron chi connectivity index (χ2n) is 14.0. The number of para-hydroxylation sites is 1. The molecule has 5 heterocycles. The van der Waals surface area contributed by atoms with Crippen LogP contribution in [0.2, 0.25) is 0 Å². The number of aromatic nitrogens is 5. The van der Waals surface area contributed by atoms with Gasteiger partial charge in [0.2, 0.25) is 0 Å². The Labute approximate surface area is 328 Å². The maximum atomic E-state index is 6.49. The lowest BCUT2D eigenvalue weighted by Crippen LogP contribution is -2.00. The number of benzene rings is 7. The largest absolute Gasteiger partial charge is 0.456 e. The molecule has 0 bridgehead atoms. The molecule has 0 N–H and O–H groups in total. The van der Waals surface area contributed by atoms with E-state index in [4.69, 9.17) is 33.8 Å². The van der Waals surface area contributed by atoms with Crippen molar-refractivity contribution in [3.63, 3.8) is 0 Å². The van der Waals surface area contributed by atoms with E-state index in [1.807, 2.05) is 103 Å². The van der Waals surface area contributed by atoms with Gasteiger partial charge in [-0.15, -0.1) is 11.3 Å². The first-order valence-corrected chi connectivity index (χ1v) is 19.5. The lowest BCUT2D eigenvalue weighted by atomic mass is 10.0. The van der Waals surface area contributed by atoms with Crippen molar-refractivity contribution in [2.75, 3.05) is 0 Å². The normalized spacial score (nSPS) is 11.9. The first-order valence-electron chi connectivity index (χ1n) is 18.7. The van der Waals surface area contributed by atoms with Crippen molar-refractivity contribution < 1.29 is 8.83 Å². The summed E-state index contributed by atoms with van der Waals surface area (Å²) < 4.78 is 15.0. The Kier molecular flexibility index (Phi) is 6.96. The van der Waals surface area contributed by atoms with E-state index >= 15 is 0 Å². The van der Waals surface area contributed by atoms with Crippen LogP contribution in [0.3, 0.4) is 0 Å². The van der Waals surface area contributed by atoms with Crippen LogP contribution in [0.5, 0.6) is 0 Å². The highest BCUT2D eigenvalue weighted by atomic mass is 32.1. The summed E-state index contributed by atoms with van der Waals surface area (Å²) in [7, 11) is 0. The number of thiophene rings is 1.